The molecule has 3 nitrogen and oxygen atoms in total. The van der Waals surface area contributed by atoms with E-state index in [1.165, 1.54) is 12.5 Å². The standard InChI is InChI=1S/C17H20N2O/c1-4-19(14-7-5-6-12(2)10-14)15-8-9-16(13(3)20)17(18)11-15/h5-11H,4,18H2,1-3H3. The minimum atomic E-state index is -0.00680. The number of Topliss-reactive ketones (excluding diaryl/α,β-unsaturated/α-hetero) is 1. The van der Waals surface area contributed by atoms with Gasteiger partial charge in [0, 0.05) is 29.2 Å². The molecular formula is C17H20N2O. The van der Waals surface area contributed by atoms with Gasteiger partial charge in [0.1, 0.15) is 0 Å². The van der Waals surface area contributed by atoms with Crippen LogP contribution in [0.4, 0.5) is 17.1 Å². The highest BCUT2D eigenvalue weighted by atomic mass is 16.1. The van der Waals surface area contributed by atoms with Gasteiger partial charge in [-0.1, -0.05) is 12.1 Å². The summed E-state index contributed by atoms with van der Waals surface area (Å²) in [6, 6.07) is 13.9. The summed E-state index contributed by atoms with van der Waals surface area (Å²) in [5.74, 6) is -0.00680. The van der Waals surface area contributed by atoms with E-state index in [1.807, 2.05) is 18.2 Å². The maximum Gasteiger partial charge on any atom is 0.161 e. The van der Waals surface area contributed by atoms with Gasteiger partial charge in [-0.05, 0) is 56.7 Å². The Morgan fingerprint density at radius 3 is 2.40 bits per heavy atom. The van der Waals surface area contributed by atoms with E-state index in [4.69, 9.17) is 5.73 Å². The summed E-state index contributed by atoms with van der Waals surface area (Å²) in [5, 5.41) is 0. The van der Waals surface area contributed by atoms with Gasteiger partial charge in [0.15, 0.2) is 5.78 Å². The molecule has 0 saturated heterocycles. The van der Waals surface area contributed by atoms with Gasteiger partial charge in [-0.25, -0.2) is 0 Å². The molecule has 104 valence electrons. The normalized spacial score (nSPS) is 10.3. The maximum atomic E-state index is 11.4. The Morgan fingerprint density at radius 1 is 1.15 bits per heavy atom. The first-order valence-electron chi connectivity index (χ1n) is 6.77. The molecule has 2 aromatic rings. The maximum absolute atomic E-state index is 11.4. The van der Waals surface area contributed by atoms with Crippen molar-refractivity contribution in [1.82, 2.24) is 0 Å². The van der Waals surface area contributed by atoms with E-state index in [9.17, 15) is 4.79 Å². The van der Waals surface area contributed by atoms with Crippen LogP contribution in [0.15, 0.2) is 42.5 Å². The monoisotopic (exact) mass is 268 g/mol. The molecule has 0 aliphatic rings. The van der Waals surface area contributed by atoms with Crippen LogP contribution in [0.5, 0.6) is 0 Å². The van der Waals surface area contributed by atoms with Gasteiger partial charge in [0.25, 0.3) is 0 Å². The number of hydrogen-bond acceptors (Lipinski definition) is 3. The number of hydrogen-bond donors (Lipinski definition) is 1. The molecule has 0 saturated carbocycles. The Labute approximate surface area is 120 Å². The third kappa shape index (κ3) is 2.82. The molecule has 0 unspecified atom stereocenters. The van der Waals surface area contributed by atoms with E-state index in [0.717, 1.165) is 17.9 Å². The molecule has 0 aliphatic heterocycles. The lowest BCUT2D eigenvalue weighted by Crippen LogP contribution is -2.16. The van der Waals surface area contributed by atoms with Crippen LogP contribution >= 0.6 is 0 Å². The summed E-state index contributed by atoms with van der Waals surface area (Å²) in [7, 11) is 0. The van der Waals surface area contributed by atoms with Crippen molar-refractivity contribution in [3.8, 4) is 0 Å². The average molecular weight is 268 g/mol. The third-order valence-electron chi connectivity index (χ3n) is 3.36. The van der Waals surface area contributed by atoms with Crippen LogP contribution in [0.2, 0.25) is 0 Å². The Balaban J connectivity index is 2.42. The van der Waals surface area contributed by atoms with Crippen molar-refractivity contribution >= 4 is 22.8 Å². The lowest BCUT2D eigenvalue weighted by molar-refractivity contribution is 0.101. The molecule has 2 aromatic carbocycles. The van der Waals surface area contributed by atoms with Crippen LogP contribution < -0.4 is 10.6 Å². The van der Waals surface area contributed by atoms with Crippen LogP contribution in [0, 0.1) is 6.92 Å². The lowest BCUT2D eigenvalue weighted by Gasteiger charge is -2.24. The van der Waals surface area contributed by atoms with Crippen molar-refractivity contribution in [3.05, 3.63) is 53.6 Å². The molecule has 0 spiro atoms. The number of anilines is 3. The SMILES string of the molecule is CCN(c1cccc(C)c1)c1ccc(C(C)=O)c(N)c1. The molecule has 2 rings (SSSR count). The number of aryl methyl sites for hydroxylation is 1. The van der Waals surface area contributed by atoms with E-state index >= 15 is 0 Å². The predicted octanol–water partition coefficient (Wildman–Crippen LogP) is 3.94. The van der Waals surface area contributed by atoms with Crippen molar-refractivity contribution in [2.75, 3.05) is 17.2 Å². The smallest absolute Gasteiger partial charge is 0.161 e. The molecular weight excluding hydrogens is 248 g/mol. The predicted molar refractivity (Wildman–Crippen MR) is 84.7 cm³/mol. The number of nitrogens with zero attached hydrogens (tertiary/aromatic N) is 1. The van der Waals surface area contributed by atoms with Crippen molar-refractivity contribution in [3.63, 3.8) is 0 Å². The highest BCUT2D eigenvalue weighted by molar-refractivity contribution is 5.99. The molecule has 0 heterocycles. The highest BCUT2D eigenvalue weighted by Crippen LogP contribution is 2.28. The highest BCUT2D eigenvalue weighted by Gasteiger charge is 2.11. The average Bonchev–Trinajstić information content (AvgIpc) is 2.39. The van der Waals surface area contributed by atoms with Crippen molar-refractivity contribution in [1.29, 1.82) is 0 Å². The third-order valence-corrected chi connectivity index (χ3v) is 3.36. The number of carbonyl (C=O) groups excluding carboxylic acids is 1. The van der Waals surface area contributed by atoms with Crippen molar-refractivity contribution < 1.29 is 4.79 Å². The summed E-state index contributed by atoms with van der Waals surface area (Å²) < 4.78 is 0. The van der Waals surface area contributed by atoms with Crippen LogP contribution in [0.3, 0.4) is 0 Å². The van der Waals surface area contributed by atoms with Gasteiger partial charge < -0.3 is 10.6 Å². The first kappa shape index (κ1) is 14.1. The number of carbonyl (C=O) groups is 1. The van der Waals surface area contributed by atoms with Crippen LogP contribution in [0.25, 0.3) is 0 Å². The zero-order valence-electron chi connectivity index (χ0n) is 12.2. The fourth-order valence-electron chi connectivity index (χ4n) is 2.35. The van der Waals surface area contributed by atoms with Gasteiger partial charge in [-0.2, -0.15) is 0 Å². The van der Waals surface area contributed by atoms with Gasteiger partial charge >= 0.3 is 0 Å². The fraction of sp³-hybridized carbons (Fsp3) is 0.235. The summed E-state index contributed by atoms with van der Waals surface area (Å²) in [6.07, 6.45) is 0. The summed E-state index contributed by atoms with van der Waals surface area (Å²) in [4.78, 5) is 13.6. The molecule has 0 bridgehead atoms. The quantitative estimate of drug-likeness (QED) is 0.675. The van der Waals surface area contributed by atoms with Crippen molar-refractivity contribution in [2.24, 2.45) is 0 Å². The largest absolute Gasteiger partial charge is 0.398 e. The zero-order chi connectivity index (χ0) is 14.7. The summed E-state index contributed by atoms with van der Waals surface area (Å²) in [5.41, 5.74) is 10.4. The lowest BCUT2D eigenvalue weighted by atomic mass is 10.1. The Morgan fingerprint density at radius 2 is 1.85 bits per heavy atom. The summed E-state index contributed by atoms with van der Waals surface area (Å²) in [6.45, 7) is 6.54. The molecule has 0 fully saturated rings. The van der Waals surface area contributed by atoms with E-state index in [1.54, 1.807) is 6.07 Å². The van der Waals surface area contributed by atoms with Gasteiger partial charge in [0.2, 0.25) is 0 Å². The Hall–Kier alpha value is -2.29. The van der Waals surface area contributed by atoms with Gasteiger partial charge in [0.05, 0.1) is 0 Å². The number of ketones is 1. The first-order valence-corrected chi connectivity index (χ1v) is 6.77. The molecule has 0 radical (unpaired) electrons. The minimum Gasteiger partial charge on any atom is -0.398 e. The van der Waals surface area contributed by atoms with E-state index in [0.29, 0.717) is 11.3 Å². The van der Waals surface area contributed by atoms with E-state index in [-0.39, 0.29) is 5.78 Å². The van der Waals surface area contributed by atoms with Gasteiger partial charge in [-0.3, -0.25) is 4.79 Å². The number of benzene rings is 2. The first-order chi connectivity index (χ1) is 9.52. The Kier molecular flexibility index (Phi) is 4.08. The van der Waals surface area contributed by atoms with Crippen LogP contribution in [-0.4, -0.2) is 12.3 Å². The van der Waals surface area contributed by atoms with Crippen LogP contribution in [0.1, 0.15) is 29.8 Å². The molecule has 3 heteroatoms. The zero-order valence-corrected chi connectivity index (χ0v) is 12.2. The Bertz CT molecular complexity index is 635. The molecule has 0 amide bonds. The molecule has 0 atom stereocenters. The minimum absolute atomic E-state index is 0.00680. The topological polar surface area (TPSA) is 46.3 Å². The molecule has 0 aliphatic carbocycles. The van der Waals surface area contributed by atoms with E-state index < -0.39 is 0 Å². The molecule has 20 heavy (non-hydrogen) atoms. The second kappa shape index (κ2) is 5.78. The second-order valence-corrected chi connectivity index (χ2v) is 4.91. The summed E-state index contributed by atoms with van der Waals surface area (Å²) >= 11 is 0. The number of nitrogen functional groups attached to an aromatic ring is 1. The number of rotatable bonds is 4. The van der Waals surface area contributed by atoms with E-state index in [2.05, 4.69) is 36.9 Å². The second-order valence-electron chi connectivity index (χ2n) is 4.91. The fourth-order valence-corrected chi connectivity index (χ4v) is 2.35. The van der Waals surface area contributed by atoms with Crippen LogP contribution in [-0.2, 0) is 0 Å². The molecule has 0 aromatic heterocycles. The molecule has 2 N–H and O–H groups in total. The van der Waals surface area contributed by atoms with Crippen molar-refractivity contribution in [2.45, 2.75) is 20.8 Å². The van der Waals surface area contributed by atoms with Gasteiger partial charge in [-0.15, -0.1) is 0 Å². The number of nitrogens with two attached hydrogens (primary N) is 1.